The molecule has 0 heterocycles. The van der Waals surface area contributed by atoms with Crippen LogP contribution >= 0.6 is 0 Å². The third-order valence-electron chi connectivity index (χ3n) is 4.99. The van der Waals surface area contributed by atoms with Gasteiger partial charge in [0.15, 0.2) is 5.78 Å². The molecule has 0 bridgehead atoms. The maximum absolute atomic E-state index is 12.4. The summed E-state index contributed by atoms with van der Waals surface area (Å²) >= 11 is 0. The molecule has 0 aromatic heterocycles. The average Bonchev–Trinajstić information content (AvgIpc) is 2.35. The fourth-order valence-electron chi connectivity index (χ4n) is 3.49. The molecule has 0 unspecified atom stereocenters. The van der Waals surface area contributed by atoms with Crippen molar-refractivity contribution in [3.8, 4) is 0 Å². The lowest BCUT2D eigenvalue weighted by atomic mass is 9.60. The first-order chi connectivity index (χ1) is 8.41. The molecule has 0 spiro atoms. The molecule has 0 aromatic carbocycles. The first-order valence-corrected chi connectivity index (χ1v) is 7.03. The molecule has 2 aliphatic rings. The van der Waals surface area contributed by atoms with E-state index < -0.39 is 0 Å². The van der Waals surface area contributed by atoms with Gasteiger partial charge in [0.2, 0.25) is 0 Å². The predicted octanol–water partition coefficient (Wildman–Crippen LogP) is 3.55. The third-order valence-corrected chi connectivity index (χ3v) is 4.99. The summed E-state index contributed by atoms with van der Waals surface area (Å²) in [4.78, 5) is 12.4. The standard InChI is InChI=1S/C16H24O2/c1-5-10(2)12-9-16(4)13(11(3)15(12)18)7-6-8-14(16)17/h14,17H,5-9H2,1-4H3/b12-10+/t14-,16-/m0/s1. The van der Waals surface area contributed by atoms with Crippen LogP contribution in [-0.4, -0.2) is 17.0 Å². The zero-order chi connectivity index (χ0) is 13.5. The lowest BCUT2D eigenvalue weighted by molar-refractivity contribution is -0.113. The second-order valence-corrected chi connectivity index (χ2v) is 6.05. The molecule has 18 heavy (non-hydrogen) atoms. The van der Waals surface area contributed by atoms with Crippen LogP contribution in [0.15, 0.2) is 22.3 Å². The van der Waals surface area contributed by atoms with Crippen LogP contribution < -0.4 is 0 Å². The largest absolute Gasteiger partial charge is 0.392 e. The van der Waals surface area contributed by atoms with E-state index in [9.17, 15) is 9.90 Å². The van der Waals surface area contributed by atoms with Gasteiger partial charge in [-0.15, -0.1) is 0 Å². The molecule has 0 amide bonds. The second kappa shape index (κ2) is 4.65. The molecule has 1 fully saturated rings. The number of rotatable bonds is 1. The van der Waals surface area contributed by atoms with E-state index in [4.69, 9.17) is 0 Å². The van der Waals surface area contributed by atoms with Gasteiger partial charge in [0, 0.05) is 5.41 Å². The van der Waals surface area contributed by atoms with Crippen LogP contribution in [0, 0.1) is 5.41 Å². The highest BCUT2D eigenvalue weighted by Crippen LogP contribution is 2.50. The number of hydrogen-bond donors (Lipinski definition) is 1. The molecule has 2 rings (SSSR count). The lowest BCUT2D eigenvalue weighted by Gasteiger charge is -2.45. The summed E-state index contributed by atoms with van der Waals surface area (Å²) in [5.74, 6) is 0.218. The van der Waals surface area contributed by atoms with Crippen molar-refractivity contribution in [2.75, 3.05) is 0 Å². The molecule has 2 nitrogen and oxygen atoms in total. The van der Waals surface area contributed by atoms with Crippen LogP contribution in [0.1, 0.15) is 59.8 Å². The normalized spacial score (nSPS) is 35.6. The molecule has 2 atom stereocenters. The Morgan fingerprint density at radius 1 is 1.50 bits per heavy atom. The molecule has 0 radical (unpaired) electrons. The van der Waals surface area contributed by atoms with Gasteiger partial charge in [-0.05, 0) is 57.1 Å². The highest BCUT2D eigenvalue weighted by Gasteiger charge is 2.45. The minimum Gasteiger partial charge on any atom is -0.392 e. The Morgan fingerprint density at radius 3 is 2.78 bits per heavy atom. The van der Waals surface area contributed by atoms with Gasteiger partial charge < -0.3 is 5.11 Å². The SMILES string of the molecule is CC/C(C)=C1\C[C@@]2(C)C(=C(C)C1=O)CCC[C@@H]2O. The topological polar surface area (TPSA) is 37.3 Å². The Kier molecular flexibility index (Phi) is 3.50. The van der Waals surface area contributed by atoms with Crippen molar-refractivity contribution in [1.82, 2.24) is 0 Å². The number of carbonyl (C=O) groups excluding carboxylic acids is 1. The summed E-state index contributed by atoms with van der Waals surface area (Å²) in [6, 6.07) is 0. The predicted molar refractivity (Wildman–Crippen MR) is 73.3 cm³/mol. The number of allylic oxidation sites excluding steroid dienone is 3. The van der Waals surface area contributed by atoms with Gasteiger partial charge >= 0.3 is 0 Å². The first kappa shape index (κ1) is 13.5. The average molecular weight is 248 g/mol. The Bertz CT molecular complexity index is 442. The molecule has 0 aliphatic heterocycles. The summed E-state index contributed by atoms with van der Waals surface area (Å²) in [5, 5.41) is 10.4. The molecule has 100 valence electrons. The van der Waals surface area contributed by atoms with E-state index in [2.05, 4.69) is 13.8 Å². The van der Waals surface area contributed by atoms with Crippen molar-refractivity contribution < 1.29 is 9.90 Å². The maximum Gasteiger partial charge on any atom is 0.184 e. The van der Waals surface area contributed by atoms with Crippen LogP contribution in [0.2, 0.25) is 0 Å². The Balaban J connectivity index is 2.56. The quantitative estimate of drug-likeness (QED) is 0.720. The monoisotopic (exact) mass is 248 g/mol. The Hall–Kier alpha value is -0.890. The summed E-state index contributed by atoms with van der Waals surface area (Å²) in [5.41, 5.74) is 4.02. The zero-order valence-corrected chi connectivity index (χ0v) is 12.0. The summed E-state index contributed by atoms with van der Waals surface area (Å²) in [7, 11) is 0. The number of ketones is 1. The number of fused-ring (bicyclic) bond motifs is 1. The fraction of sp³-hybridized carbons (Fsp3) is 0.688. The minimum absolute atomic E-state index is 0.206. The molecule has 2 aliphatic carbocycles. The van der Waals surface area contributed by atoms with Crippen molar-refractivity contribution in [2.24, 2.45) is 5.41 Å². The van der Waals surface area contributed by atoms with Gasteiger partial charge in [-0.2, -0.15) is 0 Å². The third kappa shape index (κ3) is 1.87. The molecular formula is C16H24O2. The smallest absolute Gasteiger partial charge is 0.184 e. The number of hydrogen-bond acceptors (Lipinski definition) is 2. The maximum atomic E-state index is 12.4. The summed E-state index contributed by atoms with van der Waals surface area (Å²) < 4.78 is 0. The van der Waals surface area contributed by atoms with E-state index in [-0.39, 0.29) is 17.3 Å². The fourth-order valence-corrected chi connectivity index (χ4v) is 3.49. The van der Waals surface area contributed by atoms with Crippen LogP contribution in [-0.2, 0) is 4.79 Å². The van der Waals surface area contributed by atoms with E-state index in [0.717, 1.165) is 43.3 Å². The van der Waals surface area contributed by atoms with Crippen molar-refractivity contribution >= 4 is 5.78 Å². The van der Waals surface area contributed by atoms with Crippen LogP contribution in [0.4, 0.5) is 0 Å². The van der Waals surface area contributed by atoms with Crippen molar-refractivity contribution in [3.05, 3.63) is 22.3 Å². The van der Waals surface area contributed by atoms with Gasteiger partial charge in [-0.1, -0.05) is 25.0 Å². The van der Waals surface area contributed by atoms with E-state index in [0.29, 0.717) is 0 Å². The first-order valence-electron chi connectivity index (χ1n) is 7.03. The van der Waals surface area contributed by atoms with Gasteiger partial charge in [-0.25, -0.2) is 0 Å². The van der Waals surface area contributed by atoms with E-state index in [1.165, 1.54) is 11.1 Å². The summed E-state index contributed by atoms with van der Waals surface area (Å²) in [6.45, 7) is 8.20. The van der Waals surface area contributed by atoms with E-state index in [1.807, 2.05) is 13.8 Å². The molecule has 1 N–H and O–H groups in total. The number of aliphatic hydroxyl groups excluding tert-OH is 1. The zero-order valence-electron chi connectivity index (χ0n) is 12.0. The van der Waals surface area contributed by atoms with Gasteiger partial charge in [0.25, 0.3) is 0 Å². The highest BCUT2D eigenvalue weighted by molar-refractivity contribution is 6.10. The van der Waals surface area contributed by atoms with Gasteiger partial charge in [0.1, 0.15) is 0 Å². The van der Waals surface area contributed by atoms with E-state index in [1.54, 1.807) is 0 Å². The lowest BCUT2D eigenvalue weighted by Crippen LogP contribution is -2.42. The number of carbonyl (C=O) groups is 1. The molecule has 0 aromatic rings. The number of Topliss-reactive ketones (excluding diaryl/α,β-unsaturated/α-hetero) is 1. The Labute approximate surface area is 110 Å². The highest BCUT2D eigenvalue weighted by atomic mass is 16.3. The van der Waals surface area contributed by atoms with Crippen molar-refractivity contribution in [2.45, 2.75) is 65.9 Å². The molecule has 1 saturated carbocycles. The molecule has 0 saturated heterocycles. The second-order valence-electron chi connectivity index (χ2n) is 6.05. The van der Waals surface area contributed by atoms with Crippen molar-refractivity contribution in [1.29, 1.82) is 0 Å². The summed E-state index contributed by atoms with van der Waals surface area (Å²) in [6.07, 6.45) is 4.17. The van der Waals surface area contributed by atoms with Crippen molar-refractivity contribution in [3.63, 3.8) is 0 Å². The molecular weight excluding hydrogens is 224 g/mol. The van der Waals surface area contributed by atoms with E-state index >= 15 is 0 Å². The number of aliphatic hydroxyl groups is 1. The molecule has 2 heteroatoms. The minimum atomic E-state index is -0.302. The van der Waals surface area contributed by atoms with Gasteiger partial charge in [-0.3, -0.25) is 4.79 Å². The van der Waals surface area contributed by atoms with Crippen LogP contribution in [0.3, 0.4) is 0 Å². The van der Waals surface area contributed by atoms with Crippen LogP contribution in [0.25, 0.3) is 0 Å². The van der Waals surface area contributed by atoms with Crippen LogP contribution in [0.5, 0.6) is 0 Å². The van der Waals surface area contributed by atoms with Gasteiger partial charge in [0.05, 0.1) is 6.10 Å². The Morgan fingerprint density at radius 2 is 2.17 bits per heavy atom.